The molecule has 24 heavy (non-hydrogen) atoms. The minimum Gasteiger partial charge on any atom is -0.493 e. The Morgan fingerprint density at radius 1 is 1.21 bits per heavy atom. The molecule has 6 heteroatoms. The van der Waals surface area contributed by atoms with Gasteiger partial charge in [-0.3, -0.25) is 4.79 Å². The lowest BCUT2D eigenvalue weighted by Crippen LogP contribution is -2.35. The minimum atomic E-state index is -2.95. The van der Waals surface area contributed by atoms with Crippen LogP contribution >= 0.6 is 0 Å². The van der Waals surface area contributed by atoms with Crippen molar-refractivity contribution in [1.29, 1.82) is 0 Å². The summed E-state index contributed by atoms with van der Waals surface area (Å²) in [6, 6.07) is 12.0. The summed E-state index contributed by atoms with van der Waals surface area (Å²) in [7, 11) is 1.34. The van der Waals surface area contributed by atoms with E-state index in [-0.39, 0.29) is 23.4 Å². The van der Waals surface area contributed by atoms with Crippen LogP contribution in [0.4, 0.5) is 14.5 Å². The van der Waals surface area contributed by atoms with Crippen LogP contribution in [0.15, 0.2) is 42.5 Å². The first-order valence-electron chi connectivity index (χ1n) is 7.55. The van der Waals surface area contributed by atoms with Gasteiger partial charge in [0.2, 0.25) is 0 Å². The molecule has 0 N–H and O–H groups in total. The van der Waals surface area contributed by atoms with Crippen LogP contribution in [-0.4, -0.2) is 25.7 Å². The highest BCUT2D eigenvalue weighted by Crippen LogP contribution is 2.35. The van der Waals surface area contributed by atoms with Crippen LogP contribution in [0.2, 0.25) is 0 Å². The highest BCUT2D eigenvalue weighted by molar-refractivity contribution is 6.08. The third kappa shape index (κ3) is 2.91. The van der Waals surface area contributed by atoms with Crippen molar-refractivity contribution in [3.63, 3.8) is 0 Å². The summed E-state index contributed by atoms with van der Waals surface area (Å²) in [5, 5.41) is 0. The van der Waals surface area contributed by atoms with Gasteiger partial charge in [0.15, 0.2) is 11.5 Å². The fourth-order valence-electron chi connectivity index (χ4n) is 3.01. The Kier molecular flexibility index (Phi) is 4.38. The number of nitrogens with zero attached hydrogens (tertiary/aromatic N) is 1. The molecule has 126 valence electrons. The SMILES string of the molecule is COc1cc(C(=O)N2c3ccccc3C[C@@H]2C)ccc1OC(F)F. The number of benzene rings is 2. The zero-order valence-electron chi connectivity index (χ0n) is 13.3. The third-order valence-electron chi connectivity index (χ3n) is 4.05. The van der Waals surface area contributed by atoms with E-state index >= 15 is 0 Å². The largest absolute Gasteiger partial charge is 0.493 e. The maximum Gasteiger partial charge on any atom is 0.387 e. The van der Waals surface area contributed by atoms with E-state index in [1.807, 2.05) is 31.2 Å². The van der Waals surface area contributed by atoms with Crippen LogP contribution in [0.1, 0.15) is 22.8 Å². The zero-order valence-corrected chi connectivity index (χ0v) is 13.3. The number of anilines is 1. The van der Waals surface area contributed by atoms with Crippen LogP contribution in [-0.2, 0) is 6.42 Å². The number of halogens is 2. The lowest BCUT2D eigenvalue weighted by Gasteiger charge is -2.23. The molecule has 0 radical (unpaired) electrons. The van der Waals surface area contributed by atoms with Gasteiger partial charge in [-0.25, -0.2) is 0 Å². The number of carbonyl (C=O) groups excluding carboxylic acids is 1. The smallest absolute Gasteiger partial charge is 0.387 e. The Balaban J connectivity index is 1.93. The van der Waals surface area contributed by atoms with Gasteiger partial charge in [-0.05, 0) is 43.2 Å². The van der Waals surface area contributed by atoms with Crippen molar-refractivity contribution in [1.82, 2.24) is 0 Å². The average Bonchev–Trinajstić information content (AvgIpc) is 2.89. The fraction of sp³-hybridized carbons (Fsp3) is 0.278. The van der Waals surface area contributed by atoms with Crippen molar-refractivity contribution in [3.05, 3.63) is 53.6 Å². The molecule has 1 aliphatic rings. The number of fused-ring (bicyclic) bond motifs is 1. The Bertz CT molecular complexity index is 764. The lowest BCUT2D eigenvalue weighted by atomic mass is 10.1. The van der Waals surface area contributed by atoms with E-state index < -0.39 is 6.61 Å². The molecule has 1 heterocycles. The first-order chi connectivity index (χ1) is 11.5. The van der Waals surface area contributed by atoms with Crippen LogP contribution in [0.25, 0.3) is 0 Å². The van der Waals surface area contributed by atoms with Crippen molar-refractivity contribution in [2.45, 2.75) is 26.0 Å². The molecular formula is C18H17F2NO3. The second kappa shape index (κ2) is 6.47. The van der Waals surface area contributed by atoms with Crippen molar-refractivity contribution in [2.75, 3.05) is 12.0 Å². The number of methoxy groups -OCH3 is 1. The highest BCUT2D eigenvalue weighted by Gasteiger charge is 2.31. The third-order valence-corrected chi connectivity index (χ3v) is 4.05. The van der Waals surface area contributed by atoms with Gasteiger partial charge in [0.05, 0.1) is 7.11 Å². The van der Waals surface area contributed by atoms with Crippen LogP contribution in [0.5, 0.6) is 11.5 Å². The van der Waals surface area contributed by atoms with Gasteiger partial charge >= 0.3 is 6.61 Å². The number of para-hydroxylation sites is 1. The summed E-state index contributed by atoms with van der Waals surface area (Å²) < 4.78 is 34.3. The van der Waals surface area contributed by atoms with Gasteiger partial charge in [-0.15, -0.1) is 0 Å². The number of ether oxygens (including phenoxy) is 2. The molecule has 0 saturated heterocycles. The molecule has 0 fully saturated rings. The van der Waals surface area contributed by atoms with Gasteiger partial charge in [-0.2, -0.15) is 8.78 Å². The van der Waals surface area contributed by atoms with Crippen molar-refractivity contribution in [3.8, 4) is 11.5 Å². The molecule has 0 saturated carbocycles. The lowest BCUT2D eigenvalue weighted by molar-refractivity contribution is -0.0512. The van der Waals surface area contributed by atoms with Gasteiger partial charge in [-0.1, -0.05) is 18.2 Å². The van der Waals surface area contributed by atoms with Gasteiger partial charge in [0, 0.05) is 17.3 Å². The Morgan fingerprint density at radius 3 is 2.67 bits per heavy atom. The van der Waals surface area contributed by atoms with E-state index in [9.17, 15) is 13.6 Å². The molecule has 0 spiro atoms. The van der Waals surface area contributed by atoms with E-state index in [0.29, 0.717) is 5.56 Å². The number of rotatable bonds is 4. The summed E-state index contributed by atoms with van der Waals surface area (Å²) >= 11 is 0. The van der Waals surface area contributed by atoms with Gasteiger partial charge in [0.1, 0.15) is 0 Å². The Hall–Kier alpha value is -2.63. The van der Waals surface area contributed by atoms with Crippen molar-refractivity contribution >= 4 is 11.6 Å². The Labute approximate surface area is 138 Å². The van der Waals surface area contributed by atoms with E-state index in [2.05, 4.69) is 4.74 Å². The first-order valence-corrected chi connectivity index (χ1v) is 7.55. The summed E-state index contributed by atoms with van der Waals surface area (Å²) in [6.45, 7) is -0.977. The summed E-state index contributed by atoms with van der Waals surface area (Å²) in [5.41, 5.74) is 2.35. The van der Waals surface area contributed by atoms with Crippen LogP contribution in [0.3, 0.4) is 0 Å². The number of hydrogen-bond acceptors (Lipinski definition) is 3. The van der Waals surface area contributed by atoms with E-state index in [1.165, 1.54) is 25.3 Å². The maximum atomic E-state index is 12.9. The molecule has 0 aliphatic carbocycles. The zero-order chi connectivity index (χ0) is 17.3. The molecule has 1 aliphatic heterocycles. The fourth-order valence-corrected chi connectivity index (χ4v) is 3.01. The highest BCUT2D eigenvalue weighted by atomic mass is 19.3. The summed E-state index contributed by atoms with van der Waals surface area (Å²) in [4.78, 5) is 14.6. The normalized spacial score (nSPS) is 16.2. The quantitative estimate of drug-likeness (QED) is 0.852. The first kappa shape index (κ1) is 16.2. The van der Waals surface area contributed by atoms with Crippen LogP contribution < -0.4 is 14.4 Å². The maximum absolute atomic E-state index is 12.9. The predicted molar refractivity (Wildman–Crippen MR) is 86.0 cm³/mol. The van der Waals surface area contributed by atoms with E-state index in [0.717, 1.165) is 17.7 Å². The Morgan fingerprint density at radius 2 is 1.96 bits per heavy atom. The summed E-state index contributed by atoms with van der Waals surface area (Å²) in [5.74, 6) is -0.199. The van der Waals surface area contributed by atoms with Gasteiger partial charge in [0.25, 0.3) is 5.91 Å². The van der Waals surface area contributed by atoms with Crippen molar-refractivity contribution in [2.24, 2.45) is 0 Å². The van der Waals surface area contributed by atoms with Gasteiger partial charge < -0.3 is 14.4 Å². The molecule has 0 bridgehead atoms. The molecule has 1 atom stereocenters. The van der Waals surface area contributed by atoms with Crippen molar-refractivity contribution < 1.29 is 23.0 Å². The predicted octanol–water partition coefficient (Wildman–Crippen LogP) is 3.89. The molecule has 3 rings (SSSR count). The molecule has 0 unspecified atom stereocenters. The minimum absolute atomic E-state index is 0.0258. The number of carbonyl (C=O) groups is 1. The second-order valence-corrected chi connectivity index (χ2v) is 5.60. The number of alkyl halides is 2. The molecule has 4 nitrogen and oxygen atoms in total. The van der Waals surface area contributed by atoms with E-state index in [4.69, 9.17) is 4.74 Å². The van der Waals surface area contributed by atoms with Crippen LogP contribution in [0, 0.1) is 0 Å². The average molecular weight is 333 g/mol. The molecule has 2 aromatic rings. The monoisotopic (exact) mass is 333 g/mol. The summed E-state index contributed by atoms with van der Waals surface area (Å²) in [6.07, 6.45) is 0.783. The molecular weight excluding hydrogens is 316 g/mol. The van der Waals surface area contributed by atoms with E-state index in [1.54, 1.807) is 4.90 Å². The molecule has 2 aromatic carbocycles. The number of amides is 1. The topological polar surface area (TPSA) is 38.8 Å². The molecule has 0 aromatic heterocycles. The second-order valence-electron chi connectivity index (χ2n) is 5.60. The standard InChI is InChI=1S/C18H17F2NO3/c1-11-9-12-5-3-4-6-14(12)21(11)17(22)13-7-8-15(24-18(19)20)16(10-13)23-2/h3-8,10-11,18H,9H2,1-2H3/t11-/m0/s1. The number of hydrogen-bond donors (Lipinski definition) is 0. The molecule has 1 amide bonds.